The average molecular weight is 338 g/mol. The molecular weight excluding hydrogens is 322 g/mol. The lowest BCUT2D eigenvalue weighted by atomic mass is 10.2. The first-order chi connectivity index (χ1) is 11.1. The summed E-state index contributed by atoms with van der Waals surface area (Å²) in [6.45, 7) is 0.221. The molecule has 0 aliphatic carbocycles. The number of rotatable bonds is 7. The molecule has 0 saturated heterocycles. The molecular formula is C16H16F2N2O2S. The smallest absolute Gasteiger partial charge is 0.224 e. The summed E-state index contributed by atoms with van der Waals surface area (Å²) in [6.07, 6.45) is 3.84. The first-order valence-corrected chi connectivity index (χ1v) is 8.32. The average Bonchev–Trinajstić information content (AvgIpc) is 2.54. The van der Waals surface area contributed by atoms with Gasteiger partial charge in [0.2, 0.25) is 11.8 Å². The fourth-order valence-electron chi connectivity index (χ4n) is 1.79. The molecule has 4 nitrogen and oxygen atoms in total. The third-order valence-corrected chi connectivity index (χ3v) is 3.57. The summed E-state index contributed by atoms with van der Waals surface area (Å²) in [5.41, 5.74) is 0.605. The van der Waals surface area contributed by atoms with Gasteiger partial charge in [-0.3, -0.25) is 4.79 Å². The van der Waals surface area contributed by atoms with Crippen LogP contribution in [0.3, 0.4) is 0 Å². The fraction of sp³-hybridized carbons (Fsp3) is 0.250. The van der Waals surface area contributed by atoms with E-state index in [9.17, 15) is 13.6 Å². The largest absolute Gasteiger partial charge is 0.436 e. The molecule has 1 heterocycles. The molecule has 0 atom stereocenters. The molecule has 0 fully saturated rings. The number of benzene rings is 1. The number of thioether (sulfide) groups is 1. The topological polar surface area (TPSA) is 51.2 Å². The zero-order chi connectivity index (χ0) is 16.7. The van der Waals surface area contributed by atoms with E-state index in [2.05, 4.69) is 10.3 Å². The standard InChI is InChI=1S/C16H16F2N2O2S/c1-23-8-6-15(21)20-10-11-3-2-7-19-16(11)22-14-5-4-12(17)9-13(14)18/h2-5,7,9H,6,8,10H2,1H3,(H,20,21). The molecule has 0 unspecified atom stereocenters. The van der Waals surface area contributed by atoms with E-state index in [1.807, 2.05) is 6.26 Å². The number of ether oxygens (including phenoxy) is 1. The van der Waals surface area contributed by atoms with Crippen LogP contribution >= 0.6 is 11.8 Å². The van der Waals surface area contributed by atoms with Gasteiger partial charge in [-0.05, 0) is 24.5 Å². The normalized spacial score (nSPS) is 10.4. The van der Waals surface area contributed by atoms with E-state index < -0.39 is 11.6 Å². The van der Waals surface area contributed by atoms with Crippen molar-refractivity contribution < 1.29 is 18.3 Å². The van der Waals surface area contributed by atoms with Crippen LogP contribution in [0, 0.1) is 11.6 Å². The van der Waals surface area contributed by atoms with Gasteiger partial charge in [-0.1, -0.05) is 6.07 Å². The summed E-state index contributed by atoms with van der Waals surface area (Å²) >= 11 is 1.59. The van der Waals surface area contributed by atoms with Crippen molar-refractivity contribution in [3.05, 3.63) is 53.7 Å². The Bertz CT molecular complexity index is 683. The highest BCUT2D eigenvalue weighted by molar-refractivity contribution is 7.98. The second kappa shape index (κ2) is 8.47. The van der Waals surface area contributed by atoms with Gasteiger partial charge in [-0.2, -0.15) is 11.8 Å². The molecule has 0 spiro atoms. The van der Waals surface area contributed by atoms with Crippen LogP contribution in [0.1, 0.15) is 12.0 Å². The maximum Gasteiger partial charge on any atom is 0.224 e. The maximum absolute atomic E-state index is 13.7. The number of carbonyl (C=O) groups is 1. The molecule has 0 aliphatic rings. The van der Waals surface area contributed by atoms with Gasteiger partial charge in [0.1, 0.15) is 5.82 Å². The summed E-state index contributed by atoms with van der Waals surface area (Å²) in [4.78, 5) is 15.7. The zero-order valence-corrected chi connectivity index (χ0v) is 13.3. The van der Waals surface area contributed by atoms with Crippen molar-refractivity contribution in [2.75, 3.05) is 12.0 Å². The molecule has 7 heteroatoms. The van der Waals surface area contributed by atoms with E-state index in [-0.39, 0.29) is 24.1 Å². The van der Waals surface area contributed by atoms with Crippen molar-refractivity contribution in [2.45, 2.75) is 13.0 Å². The summed E-state index contributed by atoms with van der Waals surface area (Å²) in [6, 6.07) is 6.45. The number of halogens is 2. The minimum absolute atomic E-state index is 0.0814. The summed E-state index contributed by atoms with van der Waals surface area (Å²) in [5, 5.41) is 2.76. The molecule has 23 heavy (non-hydrogen) atoms. The Morgan fingerprint density at radius 2 is 2.17 bits per heavy atom. The van der Waals surface area contributed by atoms with E-state index in [0.29, 0.717) is 12.0 Å². The fourth-order valence-corrected chi connectivity index (χ4v) is 2.18. The van der Waals surface area contributed by atoms with Crippen molar-refractivity contribution in [3.63, 3.8) is 0 Å². The Morgan fingerprint density at radius 3 is 2.91 bits per heavy atom. The predicted molar refractivity (Wildman–Crippen MR) is 85.5 cm³/mol. The lowest BCUT2D eigenvalue weighted by Gasteiger charge is -2.11. The van der Waals surface area contributed by atoms with Crippen LogP contribution in [0.2, 0.25) is 0 Å². The molecule has 2 rings (SSSR count). The molecule has 0 radical (unpaired) electrons. The van der Waals surface area contributed by atoms with Gasteiger partial charge < -0.3 is 10.1 Å². The molecule has 2 aromatic rings. The van der Waals surface area contributed by atoms with Crippen molar-refractivity contribution in [1.29, 1.82) is 0 Å². The highest BCUT2D eigenvalue weighted by Crippen LogP contribution is 2.25. The van der Waals surface area contributed by atoms with Crippen LogP contribution in [-0.2, 0) is 11.3 Å². The number of pyridine rings is 1. The number of carbonyl (C=O) groups excluding carboxylic acids is 1. The highest BCUT2D eigenvalue weighted by atomic mass is 32.2. The van der Waals surface area contributed by atoms with Gasteiger partial charge in [0.25, 0.3) is 0 Å². The maximum atomic E-state index is 13.7. The third-order valence-electron chi connectivity index (χ3n) is 2.96. The molecule has 1 N–H and O–H groups in total. The lowest BCUT2D eigenvalue weighted by molar-refractivity contribution is -0.120. The quantitative estimate of drug-likeness (QED) is 0.839. The summed E-state index contributed by atoms with van der Waals surface area (Å²) in [5.74, 6) is -0.795. The van der Waals surface area contributed by atoms with E-state index in [1.54, 1.807) is 23.9 Å². The van der Waals surface area contributed by atoms with Crippen molar-refractivity contribution >= 4 is 17.7 Å². The highest BCUT2D eigenvalue weighted by Gasteiger charge is 2.11. The van der Waals surface area contributed by atoms with Gasteiger partial charge in [0.15, 0.2) is 11.6 Å². The van der Waals surface area contributed by atoms with Gasteiger partial charge in [0.05, 0.1) is 0 Å². The third kappa shape index (κ3) is 5.21. The Balaban J connectivity index is 2.06. The number of hydrogen-bond donors (Lipinski definition) is 1. The molecule has 122 valence electrons. The predicted octanol–water partition coefficient (Wildman–Crippen LogP) is 3.52. The Labute approximate surface area is 137 Å². The first-order valence-electron chi connectivity index (χ1n) is 6.92. The van der Waals surface area contributed by atoms with E-state index in [0.717, 1.165) is 17.9 Å². The van der Waals surface area contributed by atoms with E-state index in [4.69, 9.17) is 4.74 Å². The number of amides is 1. The van der Waals surface area contributed by atoms with Crippen molar-refractivity contribution in [3.8, 4) is 11.6 Å². The van der Waals surface area contributed by atoms with Crippen LogP contribution in [0.5, 0.6) is 11.6 Å². The number of hydrogen-bond acceptors (Lipinski definition) is 4. The van der Waals surface area contributed by atoms with Gasteiger partial charge in [-0.25, -0.2) is 13.8 Å². The Hall–Kier alpha value is -2.15. The molecule has 1 amide bonds. The minimum Gasteiger partial charge on any atom is -0.436 e. The van der Waals surface area contributed by atoms with E-state index >= 15 is 0 Å². The Morgan fingerprint density at radius 1 is 1.35 bits per heavy atom. The van der Waals surface area contributed by atoms with E-state index in [1.165, 1.54) is 12.3 Å². The summed E-state index contributed by atoms with van der Waals surface area (Å²) < 4.78 is 32.0. The van der Waals surface area contributed by atoms with Gasteiger partial charge >= 0.3 is 0 Å². The molecule has 1 aromatic carbocycles. The monoisotopic (exact) mass is 338 g/mol. The molecule has 0 aliphatic heterocycles. The van der Waals surface area contributed by atoms with Gasteiger partial charge in [-0.15, -0.1) is 0 Å². The van der Waals surface area contributed by atoms with Crippen molar-refractivity contribution in [2.24, 2.45) is 0 Å². The van der Waals surface area contributed by atoms with Crippen LogP contribution in [0.15, 0.2) is 36.5 Å². The van der Waals surface area contributed by atoms with Gasteiger partial charge in [0, 0.05) is 36.5 Å². The molecule has 1 aromatic heterocycles. The molecule has 0 bridgehead atoms. The number of aromatic nitrogens is 1. The van der Waals surface area contributed by atoms with Crippen LogP contribution in [0.25, 0.3) is 0 Å². The van der Waals surface area contributed by atoms with Crippen LogP contribution in [-0.4, -0.2) is 22.9 Å². The number of nitrogens with one attached hydrogen (secondary N) is 1. The summed E-state index contributed by atoms with van der Waals surface area (Å²) in [7, 11) is 0. The lowest BCUT2D eigenvalue weighted by Crippen LogP contribution is -2.23. The SMILES string of the molecule is CSCCC(=O)NCc1cccnc1Oc1ccc(F)cc1F. The minimum atomic E-state index is -0.814. The van der Waals surface area contributed by atoms with Crippen molar-refractivity contribution in [1.82, 2.24) is 10.3 Å². The second-order valence-corrected chi connectivity index (χ2v) is 5.65. The first kappa shape index (κ1) is 17.2. The number of nitrogens with zero attached hydrogens (tertiary/aromatic N) is 1. The molecule has 0 saturated carbocycles. The van der Waals surface area contributed by atoms with Crippen LogP contribution < -0.4 is 10.1 Å². The zero-order valence-electron chi connectivity index (χ0n) is 12.5. The second-order valence-electron chi connectivity index (χ2n) is 4.66. The Kier molecular flexibility index (Phi) is 6.34. The van der Waals surface area contributed by atoms with Crippen LogP contribution in [0.4, 0.5) is 8.78 Å².